The van der Waals surface area contributed by atoms with Crippen LogP contribution in [0.4, 0.5) is 5.69 Å². The number of anilines is 1. The zero-order valence-electron chi connectivity index (χ0n) is 10.3. The third kappa shape index (κ3) is 3.12. The van der Waals surface area contributed by atoms with Gasteiger partial charge in [-0.25, -0.2) is 0 Å². The van der Waals surface area contributed by atoms with Crippen molar-refractivity contribution in [1.82, 2.24) is 0 Å². The Hall–Kier alpha value is -0.580. The van der Waals surface area contributed by atoms with E-state index in [1.165, 1.54) is 21.8 Å². The Bertz CT molecular complexity index is 575. The standard InChI is InChI=1S/C15H14BrNS2/c16-11-5-6-13(17)15(8-11)18-9-12-7-10-3-1-2-4-14(10)19-12/h1-6,8,12H,7,9,17H2. The van der Waals surface area contributed by atoms with Crippen molar-refractivity contribution in [1.29, 1.82) is 0 Å². The largest absolute Gasteiger partial charge is 0.398 e. The summed E-state index contributed by atoms with van der Waals surface area (Å²) >= 11 is 7.34. The summed E-state index contributed by atoms with van der Waals surface area (Å²) in [5, 5.41) is 0.654. The summed E-state index contributed by atoms with van der Waals surface area (Å²) in [6.07, 6.45) is 1.17. The molecule has 2 aromatic carbocycles. The first-order valence-electron chi connectivity index (χ1n) is 6.15. The molecule has 4 heteroatoms. The molecule has 2 N–H and O–H groups in total. The van der Waals surface area contributed by atoms with Gasteiger partial charge < -0.3 is 5.73 Å². The average Bonchev–Trinajstić information content (AvgIpc) is 2.82. The number of halogens is 1. The quantitative estimate of drug-likeness (QED) is 0.632. The van der Waals surface area contributed by atoms with Crippen LogP contribution in [0.3, 0.4) is 0 Å². The van der Waals surface area contributed by atoms with Gasteiger partial charge in [-0.2, -0.15) is 0 Å². The number of rotatable bonds is 3. The fraction of sp³-hybridized carbons (Fsp3) is 0.200. The molecule has 1 aliphatic heterocycles. The van der Waals surface area contributed by atoms with Crippen molar-refractivity contribution in [2.45, 2.75) is 21.5 Å². The van der Waals surface area contributed by atoms with Crippen LogP contribution < -0.4 is 5.73 Å². The molecular weight excluding hydrogens is 338 g/mol. The minimum absolute atomic E-state index is 0.654. The minimum Gasteiger partial charge on any atom is -0.398 e. The molecule has 2 aromatic rings. The molecule has 0 aliphatic carbocycles. The van der Waals surface area contributed by atoms with Crippen molar-refractivity contribution in [2.75, 3.05) is 11.5 Å². The number of hydrogen-bond acceptors (Lipinski definition) is 3. The molecule has 1 aliphatic rings. The lowest BCUT2D eigenvalue weighted by molar-refractivity contribution is 0.970. The van der Waals surface area contributed by atoms with Gasteiger partial charge in [0.2, 0.25) is 0 Å². The second-order valence-corrected chi connectivity index (χ2v) is 7.86. The van der Waals surface area contributed by atoms with Crippen LogP contribution in [0.1, 0.15) is 5.56 Å². The van der Waals surface area contributed by atoms with E-state index in [-0.39, 0.29) is 0 Å². The van der Waals surface area contributed by atoms with Gasteiger partial charge in [-0.3, -0.25) is 0 Å². The average molecular weight is 352 g/mol. The van der Waals surface area contributed by atoms with Crippen LogP contribution in [0.5, 0.6) is 0 Å². The van der Waals surface area contributed by atoms with Crippen LogP contribution in [0, 0.1) is 0 Å². The molecule has 98 valence electrons. The van der Waals surface area contributed by atoms with Crippen molar-refractivity contribution >= 4 is 45.1 Å². The molecule has 0 bridgehead atoms. The van der Waals surface area contributed by atoms with Crippen molar-refractivity contribution in [3.63, 3.8) is 0 Å². The lowest BCUT2D eigenvalue weighted by Crippen LogP contribution is -2.04. The Morgan fingerprint density at radius 3 is 2.95 bits per heavy atom. The summed E-state index contributed by atoms with van der Waals surface area (Å²) in [6, 6.07) is 14.8. The highest BCUT2D eigenvalue weighted by molar-refractivity contribution is 9.10. The summed E-state index contributed by atoms with van der Waals surface area (Å²) in [6.45, 7) is 0. The topological polar surface area (TPSA) is 26.0 Å². The molecule has 0 saturated carbocycles. The molecule has 1 unspecified atom stereocenters. The molecule has 0 radical (unpaired) electrons. The fourth-order valence-corrected chi connectivity index (χ4v) is 5.16. The predicted octanol–water partition coefficient (Wildman–Crippen LogP) is 4.84. The third-order valence-corrected chi connectivity index (χ3v) is 6.37. The monoisotopic (exact) mass is 351 g/mol. The summed E-state index contributed by atoms with van der Waals surface area (Å²) in [5.74, 6) is 1.10. The van der Waals surface area contributed by atoms with E-state index in [1.807, 2.05) is 35.7 Å². The maximum Gasteiger partial charge on any atom is 0.0453 e. The Balaban J connectivity index is 1.64. The zero-order valence-corrected chi connectivity index (χ0v) is 13.5. The Labute approximate surface area is 130 Å². The number of benzene rings is 2. The summed E-state index contributed by atoms with van der Waals surface area (Å²) in [5.41, 5.74) is 8.37. The highest BCUT2D eigenvalue weighted by Crippen LogP contribution is 2.40. The molecule has 1 nitrogen and oxygen atoms in total. The molecule has 3 rings (SSSR count). The Kier molecular flexibility index (Phi) is 4.10. The first kappa shape index (κ1) is 13.4. The van der Waals surface area contributed by atoms with E-state index in [0.29, 0.717) is 5.25 Å². The Morgan fingerprint density at radius 2 is 2.11 bits per heavy atom. The van der Waals surface area contributed by atoms with Crippen molar-refractivity contribution in [3.8, 4) is 0 Å². The van der Waals surface area contributed by atoms with E-state index < -0.39 is 0 Å². The Morgan fingerprint density at radius 1 is 1.26 bits per heavy atom. The SMILES string of the molecule is Nc1ccc(Br)cc1SCC1Cc2ccccc2S1. The summed E-state index contributed by atoms with van der Waals surface area (Å²) in [7, 11) is 0. The maximum absolute atomic E-state index is 6.01. The van der Waals surface area contributed by atoms with Crippen molar-refractivity contribution in [2.24, 2.45) is 0 Å². The lowest BCUT2D eigenvalue weighted by atomic mass is 10.1. The minimum atomic E-state index is 0.654. The third-order valence-electron chi connectivity index (χ3n) is 3.11. The van der Waals surface area contributed by atoms with E-state index in [4.69, 9.17) is 5.73 Å². The van der Waals surface area contributed by atoms with E-state index in [9.17, 15) is 0 Å². The van der Waals surface area contributed by atoms with E-state index in [0.717, 1.165) is 15.9 Å². The molecule has 1 atom stereocenters. The van der Waals surface area contributed by atoms with Crippen molar-refractivity contribution < 1.29 is 0 Å². The number of hydrogen-bond donors (Lipinski definition) is 1. The number of nitrogen functional groups attached to an aromatic ring is 1. The summed E-state index contributed by atoms with van der Waals surface area (Å²) in [4.78, 5) is 2.61. The zero-order chi connectivity index (χ0) is 13.2. The van der Waals surface area contributed by atoms with Gasteiger partial charge in [0.1, 0.15) is 0 Å². The molecular formula is C15H14BrNS2. The normalized spacial score (nSPS) is 17.4. The smallest absolute Gasteiger partial charge is 0.0453 e. The molecule has 0 amide bonds. The maximum atomic E-state index is 6.01. The van der Waals surface area contributed by atoms with E-state index in [2.05, 4.69) is 46.3 Å². The number of thioether (sulfide) groups is 2. The van der Waals surface area contributed by atoms with Crippen molar-refractivity contribution in [3.05, 3.63) is 52.5 Å². The molecule has 0 fully saturated rings. The van der Waals surface area contributed by atoms with Crippen LogP contribution in [0.25, 0.3) is 0 Å². The second-order valence-electron chi connectivity index (χ2n) is 4.54. The van der Waals surface area contributed by atoms with Crippen LogP contribution in [-0.2, 0) is 6.42 Å². The highest BCUT2D eigenvalue weighted by Gasteiger charge is 2.21. The molecule has 1 heterocycles. The van der Waals surface area contributed by atoms with Gasteiger partial charge in [0.25, 0.3) is 0 Å². The first-order valence-corrected chi connectivity index (χ1v) is 8.80. The van der Waals surface area contributed by atoms with Gasteiger partial charge in [0.05, 0.1) is 0 Å². The van der Waals surface area contributed by atoms with Gasteiger partial charge >= 0.3 is 0 Å². The van der Waals surface area contributed by atoms with Gasteiger partial charge in [0, 0.05) is 31.0 Å². The fourth-order valence-electron chi connectivity index (χ4n) is 2.16. The summed E-state index contributed by atoms with van der Waals surface area (Å²) < 4.78 is 1.09. The van der Waals surface area contributed by atoms with Gasteiger partial charge in [-0.05, 0) is 36.2 Å². The molecule has 0 aromatic heterocycles. The van der Waals surface area contributed by atoms with Crippen LogP contribution >= 0.6 is 39.5 Å². The number of fused-ring (bicyclic) bond motifs is 1. The van der Waals surface area contributed by atoms with Crippen LogP contribution in [0.15, 0.2) is 56.7 Å². The number of nitrogens with two attached hydrogens (primary N) is 1. The second kappa shape index (κ2) is 5.81. The predicted molar refractivity (Wildman–Crippen MR) is 89.1 cm³/mol. The highest BCUT2D eigenvalue weighted by atomic mass is 79.9. The van der Waals surface area contributed by atoms with Crippen LogP contribution in [-0.4, -0.2) is 11.0 Å². The molecule has 19 heavy (non-hydrogen) atoms. The molecule has 0 saturated heterocycles. The first-order chi connectivity index (χ1) is 9.22. The van der Waals surface area contributed by atoms with Gasteiger partial charge in [-0.15, -0.1) is 23.5 Å². The van der Waals surface area contributed by atoms with E-state index >= 15 is 0 Å². The van der Waals surface area contributed by atoms with Gasteiger partial charge in [-0.1, -0.05) is 34.1 Å². The van der Waals surface area contributed by atoms with Gasteiger partial charge in [0.15, 0.2) is 0 Å². The molecule has 0 spiro atoms. The lowest BCUT2D eigenvalue weighted by Gasteiger charge is -2.10. The van der Waals surface area contributed by atoms with Crippen LogP contribution in [0.2, 0.25) is 0 Å². The van der Waals surface area contributed by atoms with E-state index in [1.54, 1.807) is 0 Å².